The van der Waals surface area contributed by atoms with Crippen LogP contribution < -0.4 is 8.25 Å². The molecule has 148 valence electrons. The number of benzene rings is 1. The summed E-state index contributed by atoms with van der Waals surface area (Å²) in [6, 6.07) is 10.3. The van der Waals surface area contributed by atoms with Crippen molar-refractivity contribution >= 4 is 41.5 Å². The molecule has 5 N–H and O–H groups in total. The van der Waals surface area contributed by atoms with E-state index in [-0.39, 0.29) is 27.0 Å². The van der Waals surface area contributed by atoms with Gasteiger partial charge in [-0.15, -0.1) is 0 Å². The van der Waals surface area contributed by atoms with E-state index in [2.05, 4.69) is 22.2 Å². The van der Waals surface area contributed by atoms with Crippen LogP contribution in [0.15, 0.2) is 42.7 Å². The molecule has 0 radical (unpaired) electrons. The molecule has 0 aliphatic heterocycles. The summed E-state index contributed by atoms with van der Waals surface area (Å²) in [6.45, 7) is 1.86. The average molecular weight is 503 g/mol. The molecule has 0 saturated heterocycles. The molecular weight excluding hydrogens is 475 g/mol. The SMILES string of the molecule is CCS(O)([OH2+])NC1CCC(C=INc2cnc(-c3ccccc3)nc2)CC1. The molecule has 1 aliphatic carbocycles. The van der Waals surface area contributed by atoms with E-state index in [0.717, 1.165) is 42.8 Å². The molecule has 1 aromatic carbocycles. The predicted molar refractivity (Wildman–Crippen MR) is 124 cm³/mol. The van der Waals surface area contributed by atoms with Crippen LogP contribution in [0.3, 0.4) is 0 Å². The Morgan fingerprint density at radius 3 is 2.48 bits per heavy atom. The van der Waals surface area contributed by atoms with Gasteiger partial charge in [0.2, 0.25) is 0 Å². The molecular formula is C19H28IN4O2S+. The van der Waals surface area contributed by atoms with Crippen LogP contribution in [0.1, 0.15) is 32.6 Å². The first kappa shape index (κ1) is 20.7. The number of nitrogens with zero attached hydrogens (tertiary/aromatic N) is 2. The largest absolute Gasteiger partial charge is 0.331 e. The highest BCUT2D eigenvalue weighted by atomic mass is 127. The van der Waals surface area contributed by atoms with Crippen LogP contribution in [0, 0.1) is 5.92 Å². The Labute approximate surface area is 172 Å². The summed E-state index contributed by atoms with van der Waals surface area (Å²) >= 11 is -0.246. The van der Waals surface area contributed by atoms with Gasteiger partial charge in [0.1, 0.15) is 0 Å². The van der Waals surface area contributed by atoms with E-state index >= 15 is 0 Å². The Balaban J connectivity index is 1.45. The van der Waals surface area contributed by atoms with Crippen molar-refractivity contribution in [1.29, 1.82) is 0 Å². The van der Waals surface area contributed by atoms with E-state index < -0.39 is 10.8 Å². The topological polar surface area (TPSA) is 93.0 Å². The third-order valence-electron chi connectivity index (χ3n) is 4.64. The zero-order valence-corrected chi connectivity index (χ0v) is 18.4. The van der Waals surface area contributed by atoms with Crippen molar-refractivity contribution in [2.24, 2.45) is 5.92 Å². The van der Waals surface area contributed by atoms with Gasteiger partial charge in [0.15, 0.2) is 5.82 Å². The second-order valence-electron chi connectivity index (χ2n) is 6.71. The van der Waals surface area contributed by atoms with Gasteiger partial charge in [-0.3, -0.25) is 4.55 Å². The number of hydrogen-bond donors (Lipinski definition) is 3. The zero-order valence-electron chi connectivity index (χ0n) is 15.4. The molecule has 6 nitrogen and oxygen atoms in total. The normalized spacial score (nSPS) is 24.0. The Hall–Kier alpha value is -1.07. The second-order valence-corrected chi connectivity index (χ2v) is 10.8. The maximum absolute atomic E-state index is 9.92. The van der Waals surface area contributed by atoms with Crippen LogP contribution in [0.4, 0.5) is 5.69 Å². The predicted octanol–water partition coefficient (Wildman–Crippen LogP) is 4.24. The lowest BCUT2D eigenvalue weighted by molar-refractivity contribution is 0.360. The summed E-state index contributed by atoms with van der Waals surface area (Å²) in [5.74, 6) is 1.86. The standard InChI is InChI=1S/C19H27IN4O2S/c1-2-27(25,26)24-17-10-8-15(9-11-17)12-20-23-18-13-21-19(22-14-18)16-6-4-3-5-7-16/h3-7,12-15,17,23-26H,2,8-11H2,1H3/p+1. The number of aromatic nitrogens is 2. The number of rotatable bonds is 7. The maximum Gasteiger partial charge on any atom is 0.159 e. The van der Waals surface area contributed by atoms with E-state index in [1.807, 2.05) is 49.6 Å². The van der Waals surface area contributed by atoms with Crippen molar-refractivity contribution in [1.82, 2.24) is 14.7 Å². The molecule has 1 atom stereocenters. The Morgan fingerprint density at radius 2 is 1.85 bits per heavy atom. The third-order valence-corrected chi connectivity index (χ3v) is 8.51. The van der Waals surface area contributed by atoms with Crippen LogP contribution >= 0.6 is 31.8 Å². The molecule has 1 aliphatic rings. The van der Waals surface area contributed by atoms with Gasteiger partial charge in [-0.05, 0) is 74.3 Å². The van der Waals surface area contributed by atoms with Gasteiger partial charge >= 0.3 is 0 Å². The molecule has 1 saturated carbocycles. The molecule has 0 spiro atoms. The molecule has 1 heterocycles. The van der Waals surface area contributed by atoms with Crippen molar-refractivity contribution in [2.45, 2.75) is 38.6 Å². The monoisotopic (exact) mass is 503 g/mol. The summed E-state index contributed by atoms with van der Waals surface area (Å²) in [4.78, 5) is 8.90. The molecule has 1 aromatic heterocycles. The summed E-state index contributed by atoms with van der Waals surface area (Å²) in [5.41, 5.74) is 2.00. The highest BCUT2D eigenvalue weighted by molar-refractivity contribution is 14.2. The van der Waals surface area contributed by atoms with Crippen molar-refractivity contribution < 1.29 is 9.11 Å². The molecule has 3 rings (SSSR count). The fourth-order valence-electron chi connectivity index (χ4n) is 3.02. The van der Waals surface area contributed by atoms with Gasteiger partial charge in [-0.25, -0.2) is 9.97 Å². The van der Waals surface area contributed by atoms with Crippen molar-refractivity contribution in [3.8, 4) is 11.4 Å². The summed E-state index contributed by atoms with van der Waals surface area (Å²) in [5, 5.41) is 0. The van der Waals surface area contributed by atoms with Crippen LogP contribution in [0.25, 0.3) is 11.4 Å². The van der Waals surface area contributed by atoms with Crippen LogP contribution in [0.5, 0.6) is 0 Å². The lowest BCUT2D eigenvalue weighted by Crippen LogP contribution is -2.36. The smallest absolute Gasteiger partial charge is 0.159 e. The minimum Gasteiger partial charge on any atom is -0.331 e. The number of nitrogens with one attached hydrogen (secondary N) is 2. The Bertz CT molecular complexity index is 735. The summed E-state index contributed by atoms with van der Waals surface area (Å²) in [7, 11) is -2.34. The van der Waals surface area contributed by atoms with Crippen LogP contribution in [0.2, 0.25) is 0 Å². The number of halogens is 1. The quantitative estimate of drug-likeness (QED) is 0.299. The first-order valence-corrected chi connectivity index (χ1v) is 13.3. The molecule has 1 fully saturated rings. The molecule has 8 heteroatoms. The van der Waals surface area contributed by atoms with Crippen LogP contribution in [-0.2, 0) is 0 Å². The fourth-order valence-corrected chi connectivity index (χ4v) is 6.02. The highest BCUT2D eigenvalue weighted by Crippen LogP contribution is 2.36. The lowest BCUT2D eigenvalue weighted by atomic mass is 9.88. The minimum absolute atomic E-state index is 0.246. The summed E-state index contributed by atoms with van der Waals surface area (Å²) in [6.07, 6.45) is 8.03. The molecule has 1 unspecified atom stereocenters. The third kappa shape index (κ3) is 6.49. The fraction of sp³-hybridized carbons (Fsp3) is 0.421. The van der Waals surface area contributed by atoms with E-state index in [0.29, 0.717) is 11.7 Å². The first-order chi connectivity index (χ1) is 13.1. The zero-order chi connectivity index (χ0) is 19.1. The van der Waals surface area contributed by atoms with E-state index in [4.69, 9.17) is 4.55 Å². The average Bonchev–Trinajstić information content (AvgIpc) is 2.70. The Morgan fingerprint density at radius 1 is 1.19 bits per heavy atom. The van der Waals surface area contributed by atoms with Crippen LogP contribution in [-0.4, -0.2) is 34.9 Å². The van der Waals surface area contributed by atoms with Gasteiger partial charge in [0, 0.05) is 11.6 Å². The molecule has 2 aromatic rings. The number of hydrogen-bond acceptors (Lipinski definition) is 5. The van der Waals surface area contributed by atoms with Crippen molar-refractivity contribution in [3.05, 3.63) is 42.7 Å². The second kappa shape index (κ2) is 9.92. The molecule has 0 amide bonds. The number of anilines is 1. The van der Waals surface area contributed by atoms with Gasteiger partial charge in [-0.1, -0.05) is 30.3 Å². The van der Waals surface area contributed by atoms with Gasteiger partial charge in [-0.2, -0.15) is 4.72 Å². The van der Waals surface area contributed by atoms with Gasteiger partial charge in [0.05, 0.1) is 23.8 Å². The lowest BCUT2D eigenvalue weighted by Gasteiger charge is -2.35. The van der Waals surface area contributed by atoms with Crippen molar-refractivity contribution in [3.63, 3.8) is 0 Å². The maximum atomic E-state index is 9.92. The molecule has 0 bridgehead atoms. The summed E-state index contributed by atoms with van der Waals surface area (Å²) < 4.78 is 26.8. The highest BCUT2D eigenvalue weighted by Gasteiger charge is 2.25. The first-order valence-electron chi connectivity index (χ1n) is 9.20. The Kier molecular flexibility index (Phi) is 7.59. The van der Waals surface area contributed by atoms with Crippen molar-refractivity contribution in [2.75, 3.05) is 9.28 Å². The molecule has 27 heavy (non-hydrogen) atoms. The van der Waals surface area contributed by atoms with Gasteiger partial charge in [0.25, 0.3) is 0 Å². The van der Waals surface area contributed by atoms with E-state index in [1.165, 1.54) is 0 Å². The van der Waals surface area contributed by atoms with E-state index in [9.17, 15) is 4.55 Å². The van der Waals surface area contributed by atoms with E-state index in [1.54, 1.807) is 0 Å². The minimum atomic E-state index is -2.34. The van der Waals surface area contributed by atoms with Gasteiger partial charge < -0.3 is 8.08 Å².